The molecule has 0 fully saturated rings. The van der Waals surface area contributed by atoms with Crippen molar-refractivity contribution >= 4 is 0 Å². The molecule has 0 aliphatic carbocycles. The molecular weight excluding hydrogens is 196 g/mol. The minimum atomic E-state index is 0.0131. The maximum absolute atomic E-state index is 10.1. The predicted molar refractivity (Wildman–Crippen MR) is 70.2 cm³/mol. The lowest BCUT2D eigenvalue weighted by molar-refractivity contribution is 0.443. The highest BCUT2D eigenvalue weighted by molar-refractivity contribution is 5.47. The van der Waals surface area contributed by atoms with E-state index in [-0.39, 0.29) is 5.41 Å². The van der Waals surface area contributed by atoms with E-state index >= 15 is 0 Å². The third-order valence-electron chi connectivity index (χ3n) is 3.06. The van der Waals surface area contributed by atoms with Crippen LogP contribution in [0.1, 0.15) is 57.2 Å². The maximum atomic E-state index is 10.1. The van der Waals surface area contributed by atoms with Gasteiger partial charge in [-0.15, -0.1) is 0 Å². The van der Waals surface area contributed by atoms with Crippen LogP contribution in [0, 0.1) is 6.92 Å². The molecule has 16 heavy (non-hydrogen) atoms. The molecule has 1 aromatic rings. The molecule has 1 rings (SSSR count). The summed E-state index contributed by atoms with van der Waals surface area (Å²) >= 11 is 0. The Kier molecular flexibility index (Phi) is 4.01. The largest absolute Gasteiger partial charge is 0.508 e. The summed E-state index contributed by atoms with van der Waals surface area (Å²) in [5, 5.41) is 10.1. The van der Waals surface area contributed by atoms with Crippen LogP contribution in [0.3, 0.4) is 0 Å². The van der Waals surface area contributed by atoms with Crippen LogP contribution in [0.5, 0.6) is 5.75 Å². The fourth-order valence-electron chi connectivity index (χ4n) is 2.25. The van der Waals surface area contributed by atoms with Crippen LogP contribution in [0.4, 0.5) is 0 Å². The van der Waals surface area contributed by atoms with Crippen LogP contribution in [0.2, 0.25) is 0 Å². The second-order valence-corrected chi connectivity index (χ2v) is 5.61. The normalized spacial score (nSPS) is 11.8. The van der Waals surface area contributed by atoms with E-state index in [4.69, 9.17) is 0 Å². The van der Waals surface area contributed by atoms with Gasteiger partial charge in [0.15, 0.2) is 0 Å². The van der Waals surface area contributed by atoms with Gasteiger partial charge in [0.2, 0.25) is 0 Å². The van der Waals surface area contributed by atoms with Gasteiger partial charge in [-0.3, -0.25) is 0 Å². The molecule has 1 nitrogen and oxygen atoms in total. The van der Waals surface area contributed by atoms with Gasteiger partial charge in [0.05, 0.1) is 0 Å². The molecule has 0 aliphatic rings. The first kappa shape index (κ1) is 13.1. The Labute approximate surface area is 99.5 Å². The molecule has 0 saturated heterocycles. The topological polar surface area (TPSA) is 20.2 Å². The van der Waals surface area contributed by atoms with Crippen LogP contribution < -0.4 is 0 Å². The number of phenolic OH excluding ortho intramolecular Hbond substituents is 1. The van der Waals surface area contributed by atoms with Gasteiger partial charge < -0.3 is 5.11 Å². The summed E-state index contributed by atoms with van der Waals surface area (Å²) in [4.78, 5) is 0. The van der Waals surface area contributed by atoms with Gasteiger partial charge in [-0.2, -0.15) is 0 Å². The Balaban J connectivity index is 3.26. The van der Waals surface area contributed by atoms with Gasteiger partial charge >= 0.3 is 0 Å². The lowest BCUT2D eigenvalue weighted by atomic mass is 9.80. The van der Waals surface area contributed by atoms with Gasteiger partial charge in [0.1, 0.15) is 5.75 Å². The highest BCUT2D eigenvalue weighted by Crippen LogP contribution is 2.35. The molecule has 0 aromatic heterocycles. The van der Waals surface area contributed by atoms with Crippen molar-refractivity contribution in [3.63, 3.8) is 0 Å². The first-order valence-corrected chi connectivity index (χ1v) is 6.19. The molecule has 0 amide bonds. The van der Waals surface area contributed by atoms with E-state index in [0.717, 1.165) is 12.0 Å². The highest BCUT2D eigenvalue weighted by atomic mass is 16.3. The van der Waals surface area contributed by atoms with E-state index in [1.54, 1.807) is 0 Å². The van der Waals surface area contributed by atoms with Gasteiger partial charge in [-0.1, -0.05) is 40.2 Å². The van der Waals surface area contributed by atoms with Crippen molar-refractivity contribution in [1.29, 1.82) is 0 Å². The second-order valence-electron chi connectivity index (χ2n) is 5.61. The number of hydrogen-bond donors (Lipinski definition) is 1. The van der Waals surface area contributed by atoms with Gasteiger partial charge in [-0.25, -0.2) is 0 Å². The average Bonchev–Trinajstić information content (AvgIpc) is 2.17. The molecule has 0 atom stereocenters. The van der Waals surface area contributed by atoms with Crippen molar-refractivity contribution in [3.05, 3.63) is 28.8 Å². The summed E-state index contributed by atoms with van der Waals surface area (Å²) in [6.45, 7) is 10.8. The van der Waals surface area contributed by atoms with E-state index in [0.29, 0.717) is 5.75 Å². The monoisotopic (exact) mass is 220 g/mol. The molecule has 0 heterocycles. The fraction of sp³-hybridized carbons (Fsp3) is 0.600. The van der Waals surface area contributed by atoms with Crippen LogP contribution in [0.15, 0.2) is 12.1 Å². The molecule has 1 aromatic carbocycles. The minimum absolute atomic E-state index is 0.0131. The maximum Gasteiger partial charge on any atom is 0.119 e. The number of aryl methyl sites for hydroxylation is 1. The molecule has 0 unspecified atom stereocenters. The quantitative estimate of drug-likeness (QED) is 0.803. The summed E-state index contributed by atoms with van der Waals surface area (Å²) < 4.78 is 0. The Morgan fingerprint density at radius 1 is 1.19 bits per heavy atom. The lowest BCUT2D eigenvalue weighted by Crippen LogP contribution is -2.15. The van der Waals surface area contributed by atoms with Gasteiger partial charge in [0.25, 0.3) is 0 Å². The molecule has 0 spiro atoms. The summed E-state index contributed by atoms with van der Waals surface area (Å²) in [5.41, 5.74) is 3.78. The van der Waals surface area contributed by atoms with Crippen LogP contribution in [0.25, 0.3) is 0 Å². The zero-order valence-corrected chi connectivity index (χ0v) is 11.2. The number of hydrogen-bond acceptors (Lipinski definition) is 1. The molecular formula is C15H24O. The molecule has 0 saturated carbocycles. The first-order chi connectivity index (χ1) is 7.38. The summed E-state index contributed by atoms with van der Waals surface area (Å²) in [6.07, 6.45) is 3.45. The van der Waals surface area contributed by atoms with Crippen LogP contribution in [-0.2, 0) is 11.8 Å². The van der Waals surface area contributed by atoms with E-state index in [1.807, 2.05) is 12.1 Å². The average molecular weight is 220 g/mol. The van der Waals surface area contributed by atoms with Crippen molar-refractivity contribution in [2.24, 2.45) is 0 Å². The summed E-state index contributed by atoms with van der Waals surface area (Å²) in [5.74, 6) is 0.448. The second kappa shape index (κ2) is 4.90. The standard InChI is InChI=1S/C15H24O/c1-6-7-8-12-11(2)9-10-13(16)14(12)15(3,4)5/h9-10,16H,6-8H2,1-5H3. The molecule has 1 heteroatoms. The molecule has 0 aliphatic heterocycles. The fourth-order valence-corrected chi connectivity index (χ4v) is 2.25. The van der Waals surface area contributed by atoms with Gasteiger partial charge in [-0.05, 0) is 42.4 Å². The number of phenols is 1. The molecule has 90 valence electrons. The Bertz CT molecular complexity index is 358. The number of unbranched alkanes of at least 4 members (excludes halogenated alkanes) is 1. The Morgan fingerprint density at radius 3 is 2.31 bits per heavy atom. The summed E-state index contributed by atoms with van der Waals surface area (Å²) in [6, 6.07) is 3.85. The third kappa shape index (κ3) is 2.78. The third-order valence-corrected chi connectivity index (χ3v) is 3.06. The van der Waals surface area contributed by atoms with Crippen molar-refractivity contribution in [3.8, 4) is 5.75 Å². The molecule has 1 N–H and O–H groups in total. The van der Waals surface area contributed by atoms with Crippen molar-refractivity contribution in [1.82, 2.24) is 0 Å². The molecule has 0 radical (unpaired) electrons. The highest BCUT2D eigenvalue weighted by Gasteiger charge is 2.22. The number of benzene rings is 1. The smallest absolute Gasteiger partial charge is 0.119 e. The first-order valence-electron chi connectivity index (χ1n) is 6.19. The lowest BCUT2D eigenvalue weighted by Gasteiger charge is -2.25. The number of aromatic hydroxyl groups is 1. The zero-order valence-electron chi connectivity index (χ0n) is 11.2. The van der Waals surface area contributed by atoms with Gasteiger partial charge in [0, 0.05) is 5.56 Å². The Hall–Kier alpha value is -0.980. The predicted octanol–water partition coefficient (Wildman–Crippen LogP) is 4.34. The number of rotatable bonds is 3. The van der Waals surface area contributed by atoms with E-state index in [2.05, 4.69) is 34.6 Å². The molecule has 0 bridgehead atoms. The van der Waals surface area contributed by atoms with E-state index in [1.165, 1.54) is 24.0 Å². The van der Waals surface area contributed by atoms with Crippen LogP contribution in [-0.4, -0.2) is 5.11 Å². The van der Waals surface area contributed by atoms with Crippen LogP contribution >= 0.6 is 0 Å². The van der Waals surface area contributed by atoms with Crippen molar-refractivity contribution < 1.29 is 5.11 Å². The van der Waals surface area contributed by atoms with E-state index < -0.39 is 0 Å². The minimum Gasteiger partial charge on any atom is -0.508 e. The SMILES string of the molecule is CCCCc1c(C)ccc(O)c1C(C)(C)C. The van der Waals surface area contributed by atoms with E-state index in [9.17, 15) is 5.11 Å². The van der Waals surface area contributed by atoms with Crippen molar-refractivity contribution in [2.45, 2.75) is 59.3 Å². The van der Waals surface area contributed by atoms with Crippen molar-refractivity contribution in [2.75, 3.05) is 0 Å². The zero-order chi connectivity index (χ0) is 12.3. The Morgan fingerprint density at radius 2 is 1.81 bits per heavy atom. The summed E-state index contributed by atoms with van der Waals surface area (Å²) in [7, 11) is 0.